The molecule has 15 heteroatoms. The molecule has 1 aliphatic rings. The third kappa shape index (κ3) is 14.2. The average Bonchev–Trinajstić information content (AvgIpc) is 2.84. The van der Waals surface area contributed by atoms with Gasteiger partial charge in [0.05, 0.1) is 12.2 Å². The van der Waals surface area contributed by atoms with E-state index >= 15 is 0 Å². The number of carbonyl (C=O) groups is 4. The number of thiol groups is 1. The van der Waals surface area contributed by atoms with Gasteiger partial charge in [0.15, 0.2) is 12.1 Å². The fraction of sp³-hybridized carbons (Fsp3) is 0.810. The van der Waals surface area contributed by atoms with Crippen LogP contribution in [0, 0.1) is 0 Å². The zero-order valence-electron chi connectivity index (χ0n) is 23.4. The largest absolute Gasteiger partial charge is 0.480 e. The van der Waals surface area contributed by atoms with Crippen molar-refractivity contribution in [2.24, 2.45) is 0 Å². The number of aliphatic hydroxyl groups is 1. The molecule has 1 aliphatic heterocycles. The first-order valence-corrected chi connectivity index (χ1v) is 14.1. The van der Waals surface area contributed by atoms with Crippen molar-refractivity contribution in [3.8, 4) is 0 Å². The Morgan fingerprint density at radius 1 is 1.08 bits per heavy atom. The molecule has 212 valence electrons. The van der Waals surface area contributed by atoms with Gasteiger partial charge in [-0.05, 0) is 69.2 Å². The van der Waals surface area contributed by atoms with Gasteiger partial charge in [0, 0.05) is 0 Å². The van der Waals surface area contributed by atoms with E-state index < -0.39 is 75.4 Å². The number of nitrogens with zero attached hydrogens (tertiary/aromatic N) is 1. The number of hydrogen-bond donors (Lipinski definition) is 4. The van der Waals surface area contributed by atoms with Crippen LogP contribution in [0.5, 0.6) is 0 Å². The topological polar surface area (TPSA) is 172 Å². The van der Waals surface area contributed by atoms with Crippen molar-refractivity contribution in [3.63, 3.8) is 0 Å². The molecule has 0 spiro atoms. The van der Waals surface area contributed by atoms with Crippen LogP contribution in [0.25, 0.3) is 0 Å². The molecule has 1 saturated heterocycles. The quantitative estimate of drug-likeness (QED) is 0.221. The summed E-state index contributed by atoms with van der Waals surface area (Å²) in [5.41, 5.74) is -2.38. The van der Waals surface area contributed by atoms with Crippen LogP contribution in [0.15, 0.2) is 0 Å². The number of hydrogen-bond acceptors (Lipinski definition) is 9. The second-order valence-electron chi connectivity index (χ2n) is 10.2. The number of nitrogens with one attached hydrogen (secondary N) is 1. The Bertz CT molecular complexity index is 878. The molecule has 0 aromatic rings. The highest BCUT2D eigenvalue weighted by Crippen LogP contribution is 2.33. The Morgan fingerprint density at radius 3 is 1.81 bits per heavy atom. The lowest BCUT2D eigenvalue weighted by Gasteiger charge is -2.33. The molecule has 1 rings (SSSR count). The van der Waals surface area contributed by atoms with E-state index in [0.717, 1.165) is 4.90 Å². The van der Waals surface area contributed by atoms with Crippen LogP contribution in [0.4, 0.5) is 9.59 Å². The van der Waals surface area contributed by atoms with Crippen molar-refractivity contribution in [2.45, 2.75) is 110 Å². The monoisotopic (exact) mass is 577 g/mol. The second-order valence-corrected chi connectivity index (χ2v) is 12.9. The van der Waals surface area contributed by atoms with Gasteiger partial charge >= 0.3 is 24.1 Å². The van der Waals surface area contributed by atoms with E-state index in [1.165, 1.54) is 6.92 Å². The predicted octanol–water partition coefficient (Wildman–Crippen LogP) is 3.09. The van der Waals surface area contributed by atoms with Crippen molar-refractivity contribution < 1.29 is 48.7 Å². The van der Waals surface area contributed by atoms with Gasteiger partial charge in [0.25, 0.3) is 0 Å². The molecule has 0 saturated carbocycles. The second kappa shape index (κ2) is 14.9. The van der Waals surface area contributed by atoms with Gasteiger partial charge in [-0.25, -0.2) is 19.2 Å². The van der Waals surface area contributed by atoms with E-state index in [9.17, 15) is 24.3 Å². The Hall–Kier alpha value is -1.65. The molecule has 0 radical (unpaired) electrons. The average molecular weight is 578 g/mol. The molecule has 4 N–H and O–H groups in total. The number of carboxylic acid groups (broad SMARTS) is 2. The number of rotatable bonds is 4. The minimum atomic E-state index is -1.36. The lowest BCUT2D eigenvalue weighted by atomic mass is 10.1. The maximum absolute atomic E-state index is 12.1. The fourth-order valence-electron chi connectivity index (χ4n) is 2.90. The highest BCUT2D eigenvalue weighted by Gasteiger charge is 2.53. The summed E-state index contributed by atoms with van der Waals surface area (Å²) in [7, 11) is 5.34. The van der Waals surface area contributed by atoms with Gasteiger partial charge in [0.2, 0.25) is 0 Å². The van der Waals surface area contributed by atoms with Crippen molar-refractivity contribution in [1.29, 1.82) is 1.12 Å². The minimum absolute atomic E-state index is 0.500. The standard InChI is InChI=1S/C12H21NO5.C9H17NO5.H3P2S/c1-7-8(9(14)15)13(12(5,6)17-7)10(16)18-11(2,3)4;1-5(11)6(7(12)13)10-8(14)15-9(2,3)4;1-3-2/h7-8H,1-6H3,(H,14,15);5-6,11H,1-4H3,(H,10,14)(H,12,13);1-3H/q;;-1/t7-,8?;5-,6?;/m11./s1/i;;3T. The molecule has 2 unspecified atom stereocenters. The van der Waals surface area contributed by atoms with Crippen LogP contribution < -0.4 is 5.32 Å². The van der Waals surface area contributed by atoms with Crippen molar-refractivity contribution in [2.75, 3.05) is 0 Å². The molecule has 1 heterocycles. The Kier molecular flexibility index (Phi) is 14.2. The summed E-state index contributed by atoms with van der Waals surface area (Å²) in [5, 5.41) is 29.0. The van der Waals surface area contributed by atoms with Crippen molar-refractivity contribution >= 4 is 50.2 Å². The predicted molar refractivity (Wildman–Crippen MR) is 142 cm³/mol. The molecule has 2 amide bonds. The zero-order valence-corrected chi connectivity index (χ0v) is 25.2. The van der Waals surface area contributed by atoms with E-state index in [0.29, 0.717) is 0 Å². The first-order valence-electron chi connectivity index (χ1n) is 11.2. The third-order valence-corrected chi connectivity index (χ3v) is 4.04. The van der Waals surface area contributed by atoms with Gasteiger partial charge in [0.1, 0.15) is 16.9 Å². The van der Waals surface area contributed by atoms with Crippen LogP contribution in [0.2, 0.25) is 0 Å². The molecule has 0 aliphatic carbocycles. The number of aliphatic hydroxyl groups excluding tert-OH is 1. The SMILES string of the molecule is C[C@@H](O)C(NC(=O)OC(C)(C)C)C(=O)O.C[C@H]1OC(C)(C)N(C(=O)OC(C)(C)C)C1C(=O)O.[3H][S-](=P)=P. The maximum Gasteiger partial charge on any atom is 0.413 e. The van der Waals surface area contributed by atoms with Crippen LogP contribution in [-0.4, -0.2) is 86.7 Å². The Morgan fingerprint density at radius 2 is 1.50 bits per heavy atom. The van der Waals surface area contributed by atoms with Crippen LogP contribution >= 0.6 is 16.0 Å². The molecule has 0 bridgehead atoms. The normalized spacial score (nSPS) is 20.9. The Balaban J connectivity index is 0. The number of alkyl carbamates (subject to hydrolysis) is 1. The summed E-state index contributed by atoms with van der Waals surface area (Å²) in [6.45, 7) is 16.4. The van der Waals surface area contributed by atoms with E-state index in [2.05, 4.69) is 21.3 Å². The summed E-state index contributed by atoms with van der Waals surface area (Å²) >= 11 is 0. The summed E-state index contributed by atoms with van der Waals surface area (Å²) < 4.78 is 22.0. The number of carboxylic acids is 2. The van der Waals surface area contributed by atoms with Crippen LogP contribution in [0.3, 0.4) is 0 Å². The first-order chi connectivity index (χ1) is 16.3. The minimum Gasteiger partial charge on any atom is -0.480 e. The molecule has 0 aromatic heterocycles. The van der Waals surface area contributed by atoms with Gasteiger partial charge in [-0.2, -0.15) is 0 Å². The highest BCUT2D eigenvalue weighted by molar-refractivity contribution is 8.17. The summed E-state index contributed by atoms with van der Waals surface area (Å²) in [6, 6.07) is -2.39. The lowest BCUT2D eigenvalue weighted by molar-refractivity contribution is -0.143. The van der Waals surface area contributed by atoms with E-state index in [-0.39, 0.29) is 0 Å². The van der Waals surface area contributed by atoms with Crippen molar-refractivity contribution in [1.82, 2.24) is 10.2 Å². The Labute approximate surface area is 220 Å². The number of aliphatic carboxylic acids is 2. The summed E-state index contributed by atoms with van der Waals surface area (Å²) in [5.74, 6) is -2.41. The molecule has 12 nitrogen and oxygen atoms in total. The molecule has 1 fully saturated rings. The van der Waals surface area contributed by atoms with Gasteiger partial charge in [-0.1, -0.05) is 0 Å². The van der Waals surface area contributed by atoms with E-state index in [1.54, 1.807) is 62.3 Å². The van der Waals surface area contributed by atoms with Gasteiger partial charge in [-0.15, -0.1) is 1.12 Å². The smallest absolute Gasteiger partial charge is 0.413 e. The molecular formula is C21H41N2O10P2S-. The fourth-order valence-corrected chi connectivity index (χ4v) is 2.90. The van der Waals surface area contributed by atoms with E-state index in [1.807, 2.05) is 0 Å². The third-order valence-electron chi connectivity index (χ3n) is 4.04. The number of carbonyl (C=O) groups excluding carboxylic acids is 2. The maximum atomic E-state index is 12.1. The highest BCUT2D eigenvalue weighted by atomic mass is 32.7. The van der Waals surface area contributed by atoms with Crippen LogP contribution in [0.1, 0.15) is 69.2 Å². The first kappa shape index (κ1) is 34.4. The van der Waals surface area contributed by atoms with Gasteiger partial charge < -0.3 is 44.9 Å². The zero-order chi connectivity index (χ0) is 30.1. The van der Waals surface area contributed by atoms with Crippen LogP contribution in [-0.2, 0) is 33.8 Å². The molecule has 36 heavy (non-hydrogen) atoms. The number of amides is 2. The van der Waals surface area contributed by atoms with Crippen molar-refractivity contribution in [3.05, 3.63) is 0 Å². The molecule has 0 aromatic carbocycles. The summed E-state index contributed by atoms with van der Waals surface area (Å²) in [4.78, 5) is 46.3. The van der Waals surface area contributed by atoms with Gasteiger partial charge in [-0.3, -0.25) is 20.9 Å². The summed E-state index contributed by atoms with van der Waals surface area (Å²) in [6.07, 6.45) is -3.31. The number of ether oxygens (including phenoxy) is 3. The van der Waals surface area contributed by atoms with E-state index in [4.69, 9.17) is 25.5 Å². The lowest BCUT2D eigenvalue weighted by Crippen LogP contribution is -2.52. The molecule has 4 atom stereocenters. The molecular weight excluding hydrogens is 534 g/mol.